The van der Waals surface area contributed by atoms with E-state index < -0.39 is 0 Å². The van der Waals surface area contributed by atoms with Gasteiger partial charge in [-0.15, -0.1) is 0 Å². The van der Waals surface area contributed by atoms with Gasteiger partial charge in [0.2, 0.25) is 0 Å². The third kappa shape index (κ3) is 2.92. The SMILES string of the molecule is CCOCC1CCCN(c2cnccn2)C1. The number of hydrogen-bond donors (Lipinski definition) is 0. The van der Waals surface area contributed by atoms with E-state index in [1.54, 1.807) is 12.4 Å². The van der Waals surface area contributed by atoms with Crippen LogP contribution in [-0.2, 0) is 4.74 Å². The maximum Gasteiger partial charge on any atom is 0.147 e. The van der Waals surface area contributed by atoms with Crippen molar-refractivity contribution >= 4 is 5.82 Å². The molecule has 1 fully saturated rings. The molecule has 4 heteroatoms. The van der Waals surface area contributed by atoms with Crippen molar-refractivity contribution < 1.29 is 4.74 Å². The third-order valence-corrected chi connectivity index (χ3v) is 2.95. The van der Waals surface area contributed by atoms with E-state index in [0.29, 0.717) is 5.92 Å². The smallest absolute Gasteiger partial charge is 0.147 e. The van der Waals surface area contributed by atoms with Crippen LogP contribution >= 0.6 is 0 Å². The minimum absolute atomic E-state index is 0.635. The van der Waals surface area contributed by atoms with Crippen molar-refractivity contribution in [2.45, 2.75) is 19.8 Å². The minimum Gasteiger partial charge on any atom is -0.381 e. The van der Waals surface area contributed by atoms with Gasteiger partial charge in [-0.3, -0.25) is 4.98 Å². The van der Waals surface area contributed by atoms with Crippen LogP contribution in [0.4, 0.5) is 5.82 Å². The Labute approximate surface area is 96.7 Å². The van der Waals surface area contributed by atoms with Crippen molar-refractivity contribution in [2.24, 2.45) is 5.92 Å². The van der Waals surface area contributed by atoms with Gasteiger partial charge < -0.3 is 9.64 Å². The normalized spacial score (nSPS) is 21.1. The van der Waals surface area contributed by atoms with E-state index >= 15 is 0 Å². The lowest BCUT2D eigenvalue weighted by Gasteiger charge is -2.33. The van der Waals surface area contributed by atoms with Gasteiger partial charge in [-0.2, -0.15) is 0 Å². The fraction of sp³-hybridized carbons (Fsp3) is 0.667. The molecule has 88 valence electrons. The first-order valence-electron chi connectivity index (χ1n) is 5.99. The van der Waals surface area contributed by atoms with Crippen LogP contribution in [-0.4, -0.2) is 36.3 Å². The summed E-state index contributed by atoms with van der Waals surface area (Å²) in [5.74, 6) is 1.62. The number of ether oxygens (including phenoxy) is 1. The van der Waals surface area contributed by atoms with Crippen molar-refractivity contribution in [3.8, 4) is 0 Å². The molecule has 0 saturated carbocycles. The summed E-state index contributed by atoms with van der Waals surface area (Å²) in [5.41, 5.74) is 0. The third-order valence-electron chi connectivity index (χ3n) is 2.95. The minimum atomic E-state index is 0.635. The Morgan fingerprint density at radius 2 is 2.44 bits per heavy atom. The summed E-state index contributed by atoms with van der Waals surface area (Å²) in [6.45, 7) is 5.85. The monoisotopic (exact) mass is 221 g/mol. The summed E-state index contributed by atoms with van der Waals surface area (Å²) < 4.78 is 5.49. The lowest BCUT2D eigenvalue weighted by Crippen LogP contribution is -2.37. The van der Waals surface area contributed by atoms with E-state index in [4.69, 9.17) is 4.74 Å². The number of hydrogen-bond acceptors (Lipinski definition) is 4. The molecule has 2 rings (SSSR count). The van der Waals surface area contributed by atoms with Gasteiger partial charge >= 0.3 is 0 Å². The lowest BCUT2D eigenvalue weighted by atomic mass is 9.99. The number of anilines is 1. The van der Waals surface area contributed by atoms with E-state index in [2.05, 4.69) is 14.9 Å². The molecule has 2 heterocycles. The van der Waals surface area contributed by atoms with Crippen molar-refractivity contribution in [1.29, 1.82) is 0 Å². The van der Waals surface area contributed by atoms with Gasteiger partial charge in [0.25, 0.3) is 0 Å². The molecule has 1 atom stereocenters. The van der Waals surface area contributed by atoms with Crippen LogP contribution in [0.25, 0.3) is 0 Å². The topological polar surface area (TPSA) is 38.2 Å². The summed E-state index contributed by atoms with van der Waals surface area (Å²) in [6, 6.07) is 0. The van der Waals surface area contributed by atoms with Gasteiger partial charge in [-0.1, -0.05) is 0 Å². The van der Waals surface area contributed by atoms with Crippen LogP contribution in [0.2, 0.25) is 0 Å². The molecular weight excluding hydrogens is 202 g/mol. The molecule has 1 aliphatic rings. The molecule has 0 amide bonds. The first kappa shape index (κ1) is 11.3. The van der Waals surface area contributed by atoms with Gasteiger partial charge in [0.1, 0.15) is 5.82 Å². The second-order valence-electron chi connectivity index (χ2n) is 4.18. The molecule has 0 spiro atoms. The van der Waals surface area contributed by atoms with Crippen LogP contribution in [0.15, 0.2) is 18.6 Å². The Morgan fingerprint density at radius 3 is 3.19 bits per heavy atom. The molecule has 0 aromatic carbocycles. The quantitative estimate of drug-likeness (QED) is 0.776. The number of piperidine rings is 1. The first-order valence-corrected chi connectivity index (χ1v) is 5.99. The zero-order chi connectivity index (χ0) is 11.2. The molecule has 0 N–H and O–H groups in total. The van der Waals surface area contributed by atoms with Crippen LogP contribution in [0.3, 0.4) is 0 Å². The highest BCUT2D eigenvalue weighted by Crippen LogP contribution is 2.20. The predicted octanol–water partition coefficient (Wildman–Crippen LogP) is 1.73. The highest BCUT2D eigenvalue weighted by Gasteiger charge is 2.20. The molecule has 1 aromatic rings. The molecule has 0 bridgehead atoms. The van der Waals surface area contributed by atoms with Gasteiger partial charge in [-0.25, -0.2) is 4.98 Å². The van der Waals surface area contributed by atoms with Gasteiger partial charge in [0, 0.05) is 32.1 Å². The molecule has 1 aliphatic heterocycles. The Morgan fingerprint density at radius 1 is 1.50 bits per heavy atom. The summed E-state index contributed by atoms with van der Waals surface area (Å²) in [4.78, 5) is 10.8. The molecule has 16 heavy (non-hydrogen) atoms. The molecule has 4 nitrogen and oxygen atoms in total. The molecule has 1 saturated heterocycles. The van der Waals surface area contributed by atoms with Gasteiger partial charge in [0.15, 0.2) is 0 Å². The average molecular weight is 221 g/mol. The second kappa shape index (κ2) is 5.80. The number of nitrogens with zero attached hydrogens (tertiary/aromatic N) is 3. The molecule has 0 aliphatic carbocycles. The largest absolute Gasteiger partial charge is 0.381 e. The van der Waals surface area contributed by atoms with Crippen molar-refractivity contribution in [2.75, 3.05) is 31.2 Å². The standard InChI is InChI=1S/C12H19N3O/c1-2-16-10-11-4-3-7-15(9-11)12-8-13-5-6-14-12/h5-6,8,11H,2-4,7,9-10H2,1H3. The van der Waals surface area contributed by atoms with Crippen LogP contribution < -0.4 is 4.90 Å². The summed E-state index contributed by atoms with van der Waals surface area (Å²) in [7, 11) is 0. The second-order valence-corrected chi connectivity index (χ2v) is 4.18. The van der Waals surface area contributed by atoms with Crippen LogP contribution in [0.5, 0.6) is 0 Å². The highest BCUT2D eigenvalue weighted by atomic mass is 16.5. The average Bonchev–Trinajstić information content (AvgIpc) is 2.38. The van der Waals surface area contributed by atoms with E-state index in [1.807, 2.05) is 13.1 Å². The number of rotatable bonds is 4. The summed E-state index contributed by atoms with van der Waals surface area (Å²) in [5, 5.41) is 0. The van der Waals surface area contributed by atoms with E-state index in [9.17, 15) is 0 Å². The summed E-state index contributed by atoms with van der Waals surface area (Å²) >= 11 is 0. The maximum absolute atomic E-state index is 5.49. The van der Waals surface area contributed by atoms with E-state index in [1.165, 1.54) is 12.8 Å². The van der Waals surface area contributed by atoms with E-state index in [0.717, 1.165) is 32.1 Å². The molecule has 0 radical (unpaired) electrons. The Balaban J connectivity index is 1.91. The lowest BCUT2D eigenvalue weighted by molar-refractivity contribution is 0.104. The summed E-state index contributed by atoms with van der Waals surface area (Å²) in [6.07, 6.45) is 7.78. The number of aromatic nitrogens is 2. The van der Waals surface area contributed by atoms with Crippen molar-refractivity contribution in [3.05, 3.63) is 18.6 Å². The van der Waals surface area contributed by atoms with Crippen LogP contribution in [0.1, 0.15) is 19.8 Å². The predicted molar refractivity (Wildman–Crippen MR) is 63.5 cm³/mol. The zero-order valence-corrected chi connectivity index (χ0v) is 9.80. The van der Waals surface area contributed by atoms with Crippen LogP contribution in [0, 0.1) is 5.92 Å². The Bertz CT molecular complexity index is 304. The first-order chi connectivity index (χ1) is 7.90. The van der Waals surface area contributed by atoms with Crippen molar-refractivity contribution in [3.63, 3.8) is 0 Å². The molecule has 1 unspecified atom stereocenters. The molecule has 1 aromatic heterocycles. The fourth-order valence-electron chi connectivity index (χ4n) is 2.15. The fourth-order valence-corrected chi connectivity index (χ4v) is 2.15. The van der Waals surface area contributed by atoms with Gasteiger partial charge in [0.05, 0.1) is 12.8 Å². The van der Waals surface area contributed by atoms with E-state index in [-0.39, 0.29) is 0 Å². The Kier molecular flexibility index (Phi) is 4.10. The highest BCUT2D eigenvalue weighted by molar-refractivity contribution is 5.35. The molecular formula is C12H19N3O. The van der Waals surface area contributed by atoms with Crippen molar-refractivity contribution in [1.82, 2.24) is 9.97 Å². The zero-order valence-electron chi connectivity index (χ0n) is 9.80. The maximum atomic E-state index is 5.49. The van der Waals surface area contributed by atoms with Gasteiger partial charge in [-0.05, 0) is 25.7 Å². The Hall–Kier alpha value is -1.16.